The van der Waals surface area contributed by atoms with E-state index in [0.29, 0.717) is 17.0 Å². The lowest BCUT2D eigenvalue weighted by Crippen LogP contribution is -2.13. The zero-order chi connectivity index (χ0) is 15.9. The summed E-state index contributed by atoms with van der Waals surface area (Å²) in [7, 11) is 0. The summed E-state index contributed by atoms with van der Waals surface area (Å²) < 4.78 is 9.59. The first-order valence-electron chi connectivity index (χ1n) is 6.77. The number of benzene rings is 1. The van der Waals surface area contributed by atoms with Gasteiger partial charge in [-0.05, 0) is 50.2 Å². The third-order valence-electron chi connectivity index (χ3n) is 2.84. The number of carbonyl (C=O) groups is 2. The molecule has 0 spiro atoms. The summed E-state index contributed by atoms with van der Waals surface area (Å²) in [6, 6.07) is 9.71. The molecule has 0 atom stereocenters. The summed E-state index contributed by atoms with van der Waals surface area (Å²) in [5, 5.41) is 2.77. The van der Waals surface area contributed by atoms with Crippen LogP contribution in [0, 0.1) is 6.92 Å². The topological polar surface area (TPSA) is 77.5 Å². The average molecular weight is 300 g/mol. The molecule has 0 bridgehead atoms. The predicted octanol–water partition coefficient (Wildman–Crippen LogP) is 3.18. The van der Waals surface area contributed by atoms with E-state index in [2.05, 4.69) is 15.0 Å². The van der Waals surface area contributed by atoms with E-state index in [4.69, 9.17) is 4.74 Å². The number of anilines is 1. The number of ether oxygens (including phenoxy) is 2. The van der Waals surface area contributed by atoms with Crippen molar-refractivity contribution in [2.45, 2.75) is 13.8 Å². The third-order valence-corrected chi connectivity index (χ3v) is 2.84. The molecule has 0 aliphatic heterocycles. The van der Waals surface area contributed by atoms with Crippen LogP contribution in [0.5, 0.6) is 5.75 Å². The van der Waals surface area contributed by atoms with Crippen LogP contribution in [0.15, 0.2) is 42.6 Å². The molecule has 0 unspecified atom stereocenters. The van der Waals surface area contributed by atoms with E-state index in [1.54, 1.807) is 37.4 Å². The number of nitrogens with one attached hydrogen (secondary N) is 1. The summed E-state index contributed by atoms with van der Waals surface area (Å²) in [4.78, 5) is 27.4. The van der Waals surface area contributed by atoms with Crippen LogP contribution in [-0.4, -0.2) is 23.7 Å². The van der Waals surface area contributed by atoms with E-state index < -0.39 is 6.16 Å². The molecule has 6 heteroatoms. The number of hydrogen-bond donors (Lipinski definition) is 1. The maximum Gasteiger partial charge on any atom is 0.513 e. The Balaban J connectivity index is 2.02. The van der Waals surface area contributed by atoms with Gasteiger partial charge in [0.15, 0.2) is 0 Å². The zero-order valence-electron chi connectivity index (χ0n) is 12.3. The summed E-state index contributed by atoms with van der Waals surface area (Å²) in [5.74, 6) is 0.0475. The molecule has 0 aliphatic rings. The predicted molar refractivity (Wildman–Crippen MR) is 81.0 cm³/mol. The van der Waals surface area contributed by atoms with Gasteiger partial charge in [-0.3, -0.25) is 9.78 Å². The van der Waals surface area contributed by atoms with Gasteiger partial charge in [0, 0.05) is 11.8 Å². The monoisotopic (exact) mass is 300 g/mol. The summed E-state index contributed by atoms with van der Waals surface area (Å²) in [6.45, 7) is 3.74. The fourth-order valence-electron chi connectivity index (χ4n) is 1.73. The van der Waals surface area contributed by atoms with Gasteiger partial charge in [-0.15, -0.1) is 0 Å². The highest BCUT2D eigenvalue weighted by atomic mass is 16.7. The summed E-state index contributed by atoms with van der Waals surface area (Å²) >= 11 is 0. The largest absolute Gasteiger partial charge is 0.513 e. The number of carbonyl (C=O) groups excluding carboxylic acids is 2. The fourth-order valence-corrected chi connectivity index (χ4v) is 1.73. The highest BCUT2D eigenvalue weighted by Crippen LogP contribution is 2.16. The smallest absolute Gasteiger partial charge is 0.434 e. The number of aromatic nitrogens is 1. The highest BCUT2D eigenvalue weighted by molar-refractivity contribution is 6.04. The van der Waals surface area contributed by atoms with Crippen LogP contribution in [0.3, 0.4) is 0 Å². The second-order valence-corrected chi connectivity index (χ2v) is 4.40. The van der Waals surface area contributed by atoms with Crippen LogP contribution < -0.4 is 10.1 Å². The first kappa shape index (κ1) is 15.5. The standard InChI is InChI=1S/C16H16N2O4/c1-3-21-16(20)22-13-8-6-12(7-9-13)15(19)18-14-5-4-10-17-11(14)2/h4-10H,3H2,1-2H3,(H,18,19). The first-order valence-corrected chi connectivity index (χ1v) is 6.77. The number of rotatable bonds is 4. The highest BCUT2D eigenvalue weighted by Gasteiger charge is 2.09. The van der Waals surface area contributed by atoms with Crippen molar-refractivity contribution in [1.82, 2.24) is 4.98 Å². The molecule has 2 aromatic rings. The van der Waals surface area contributed by atoms with Crippen LogP contribution in [0.2, 0.25) is 0 Å². The Morgan fingerprint density at radius 3 is 2.55 bits per heavy atom. The molecule has 1 aromatic carbocycles. The van der Waals surface area contributed by atoms with Gasteiger partial charge >= 0.3 is 6.16 Å². The Hall–Kier alpha value is -2.89. The molecule has 114 valence electrons. The maximum absolute atomic E-state index is 12.1. The van der Waals surface area contributed by atoms with Crippen molar-refractivity contribution in [2.75, 3.05) is 11.9 Å². The average Bonchev–Trinajstić information content (AvgIpc) is 2.50. The molecule has 6 nitrogen and oxygen atoms in total. The molecule has 0 fully saturated rings. The maximum atomic E-state index is 12.1. The Labute approximate surface area is 128 Å². The van der Waals surface area contributed by atoms with Crippen molar-refractivity contribution in [3.05, 3.63) is 53.9 Å². The van der Waals surface area contributed by atoms with Gasteiger partial charge in [0.2, 0.25) is 0 Å². The van der Waals surface area contributed by atoms with Gasteiger partial charge in [-0.2, -0.15) is 0 Å². The molecular formula is C16H16N2O4. The molecule has 1 N–H and O–H groups in total. The van der Waals surface area contributed by atoms with Gasteiger partial charge < -0.3 is 14.8 Å². The number of amides is 1. The number of pyridine rings is 1. The van der Waals surface area contributed by atoms with E-state index >= 15 is 0 Å². The lowest BCUT2D eigenvalue weighted by molar-refractivity contribution is 0.102. The molecule has 1 amide bonds. The second-order valence-electron chi connectivity index (χ2n) is 4.40. The van der Waals surface area contributed by atoms with Crippen molar-refractivity contribution in [2.24, 2.45) is 0 Å². The minimum Gasteiger partial charge on any atom is -0.434 e. The molecular weight excluding hydrogens is 284 g/mol. The molecule has 0 aliphatic carbocycles. The molecule has 0 saturated carbocycles. The molecule has 0 saturated heterocycles. The van der Waals surface area contributed by atoms with E-state index in [0.717, 1.165) is 5.69 Å². The fraction of sp³-hybridized carbons (Fsp3) is 0.188. The van der Waals surface area contributed by atoms with Gasteiger partial charge in [0.1, 0.15) is 5.75 Å². The molecule has 22 heavy (non-hydrogen) atoms. The van der Waals surface area contributed by atoms with Crippen molar-refractivity contribution in [3.8, 4) is 5.75 Å². The van der Waals surface area contributed by atoms with Crippen LogP contribution in [0.25, 0.3) is 0 Å². The third kappa shape index (κ3) is 4.05. The minimum absolute atomic E-state index is 0.240. The summed E-state index contributed by atoms with van der Waals surface area (Å²) in [6.07, 6.45) is 0.887. The van der Waals surface area contributed by atoms with E-state index in [1.165, 1.54) is 12.1 Å². The Kier molecular flexibility index (Phi) is 5.08. The minimum atomic E-state index is -0.773. The SMILES string of the molecule is CCOC(=O)Oc1ccc(C(=O)Nc2cccnc2C)cc1. The molecule has 1 heterocycles. The van der Waals surface area contributed by atoms with Gasteiger partial charge in [0.05, 0.1) is 18.0 Å². The van der Waals surface area contributed by atoms with Gasteiger partial charge in [-0.1, -0.05) is 0 Å². The first-order chi connectivity index (χ1) is 10.6. The van der Waals surface area contributed by atoms with Crippen molar-refractivity contribution >= 4 is 17.7 Å². The van der Waals surface area contributed by atoms with Crippen LogP contribution in [0.4, 0.5) is 10.5 Å². The lowest BCUT2D eigenvalue weighted by atomic mass is 10.2. The quantitative estimate of drug-likeness (QED) is 0.693. The molecule has 1 aromatic heterocycles. The number of aryl methyl sites for hydroxylation is 1. The van der Waals surface area contributed by atoms with Gasteiger partial charge in [0.25, 0.3) is 5.91 Å². The lowest BCUT2D eigenvalue weighted by Gasteiger charge is -2.08. The van der Waals surface area contributed by atoms with E-state index in [9.17, 15) is 9.59 Å². The molecule has 0 radical (unpaired) electrons. The van der Waals surface area contributed by atoms with E-state index in [1.807, 2.05) is 6.92 Å². The number of nitrogens with zero attached hydrogens (tertiary/aromatic N) is 1. The number of hydrogen-bond acceptors (Lipinski definition) is 5. The van der Waals surface area contributed by atoms with Crippen LogP contribution in [0.1, 0.15) is 23.0 Å². The zero-order valence-corrected chi connectivity index (χ0v) is 12.3. The normalized spacial score (nSPS) is 9.91. The van der Waals surface area contributed by atoms with Gasteiger partial charge in [-0.25, -0.2) is 4.79 Å². The van der Waals surface area contributed by atoms with Crippen LogP contribution in [-0.2, 0) is 4.74 Å². The second kappa shape index (κ2) is 7.21. The Morgan fingerprint density at radius 1 is 1.18 bits per heavy atom. The van der Waals surface area contributed by atoms with Crippen LogP contribution >= 0.6 is 0 Å². The molecule has 2 rings (SSSR count). The van der Waals surface area contributed by atoms with E-state index in [-0.39, 0.29) is 12.5 Å². The summed E-state index contributed by atoms with van der Waals surface area (Å²) in [5.41, 5.74) is 1.83. The van der Waals surface area contributed by atoms with Crippen molar-refractivity contribution in [1.29, 1.82) is 0 Å². The van der Waals surface area contributed by atoms with Crippen molar-refractivity contribution < 1.29 is 19.1 Å². The van der Waals surface area contributed by atoms with Crippen molar-refractivity contribution in [3.63, 3.8) is 0 Å². The Morgan fingerprint density at radius 2 is 1.91 bits per heavy atom. The Bertz CT molecular complexity index is 668.